The topological polar surface area (TPSA) is 46.2 Å². The number of nitrogens with one attached hydrogen (secondary N) is 1. The molecule has 110 valence electrons. The molecule has 2 aromatic rings. The molecule has 0 unspecified atom stereocenters. The van der Waals surface area contributed by atoms with Crippen molar-refractivity contribution in [3.05, 3.63) is 71.8 Å². The average Bonchev–Trinajstić information content (AvgIpc) is 2.82. The van der Waals surface area contributed by atoms with Gasteiger partial charge < -0.3 is 5.32 Å². The van der Waals surface area contributed by atoms with Crippen LogP contribution in [0.25, 0.3) is 0 Å². The van der Waals surface area contributed by atoms with Crippen molar-refractivity contribution in [3.8, 4) is 0 Å². The van der Waals surface area contributed by atoms with Gasteiger partial charge >= 0.3 is 0 Å². The highest BCUT2D eigenvalue weighted by atomic mass is 32.2. The second-order valence-electron chi connectivity index (χ2n) is 5.57. The zero-order valence-corrected chi connectivity index (χ0v) is 12.6. The van der Waals surface area contributed by atoms with E-state index in [1.54, 1.807) is 0 Å². The lowest BCUT2D eigenvalue weighted by Gasteiger charge is -2.20. The quantitative estimate of drug-likeness (QED) is 0.943. The minimum absolute atomic E-state index is 0.0161. The van der Waals surface area contributed by atoms with Crippen molar-refractivity contribution in [2.75, 3.05) is 11.5 Å². The number of sulfone groups is 1. The molecule has 1 aliphatic heterocycles. The van der Waals surface area contributed by atoms with Crippen molar-refractivity contribution >= 4 is 9.84 Å². The summed E-state index contributed by atoms with van der Waals surface area (Å²) in [5.41, 5.74) is 2.28. The Morgan fingerprint density at radius 1 is 0.905 bits per heavy atom. The van der Waals surface area contributed by atoms with Crippen LogP contribution in [0, 0.1) is 0 Å². The highest BCUT2D eigenvalue weighted by molar-refractivity contribution is 7.91. The normalized spacial score (nSPS) is 24.0. The largest absolute Gasteiger partial charge is 0.308 e. The van der Waals surface area contributed by atoms with Crippen LogP contribution in [-0.4, -0.2) is 26.0 Å². The van der Waals surface area contributed by atoms with Crippen LogP contribution >= 0.6 is 0 Å². The zero-order chi connectivity index (χ0) is 14.7. The average molecular weight is 301 g/mol. The fraction of sp³-hybridized carbons (Fsp3) is 0.294. The van der Waals surface area contributed by atoms with Crippen molar-refractivity contribution in [2.24, 2.45) is 0 Å². The van der Waals surface area contributed by atoms with Gasteiger partial charge in [-0.1, -0.05) is 60.7 Å². The number of hydrogen-bond acceptors (Lipinski definition) is 3. The highest BCUT2D eigenvalue weighted by Crippen LogP contribution is 2.29. The first-order valence-electron chi connectivity index (χ1n) is 7.17. The van der Waals surface area contributed by atoms with Crippen LogP contribution < -0.4 is 5.32 Å². The van der Waals surface area contributed by atoms with Gasteiger partial charge in [0.25, 0.3) is 0 Å². The predicted molar refractivity (Wildman–Crippen MR) is 84.9 cm³/mol. The molecule has 1 heterocycles. The third kappa shape index (κ3) is 3.52. The summed E-state index contributed by atoms with van der Waals surface area (Å²) in [6.07, 6.45) is 0. The summed E-state index contributed by atoms with van der Waals surface area (Å²) in [7, 11) is -2.96. The number of hydrogen-bond donors (Lipinski definition) is 1. The summed E-state index contributed by atoms with van der Waals surface area (Å²) in [5.74, 6) is 0.503. The van der Waals surface area contributed by atoms with E-state index in [1.165, 1.54) is 5.56 Å². The smallest absolute Gasteiger partial charge is 0.152 e. The fourth-order valence-corrected chi connectivity index (χ4v) is 4.93. The van der Waals surface area contributed by atoms with Crippen LogP contribution in [0.1, 0.15) is 17.0 Å². The summed E-state index contributed by atoms with van der Waals surface area (Å²) in [6.45, 7) is 0.699. The van der Waals surface area contributed by atoms with E-state index >= 15 is 0 Å². The summed E-state index contributed by atoms with van der Waals surface area (Å²) >= 11 is 0. The maximum Gasteiger partial charge on any atom is 0.152 e. The Bertz CT molecular complexity index is 683. The lowest BCUT2D eigenvalue weighted by atomic mass is 9.94. The molecule has 0 aliphatic carbocycles. The standard InChI is InChI=1S/C17H19NO2S/c19-21(20)12-16(15-9-5-2-6-10-15)17(13-21)18-11-14-7-3-1-4-8-14/h1-10,16-18H,11-13H2/t16-,17-/m0/s1. The minimum Gasteiger partial charge on any atom is -0.308 e. The molecule has 1 saturated heterocycles. The van der Waals surface area contributed by atoms with E-state index in [9.17, 15) is 8.42 Å². The van der Waals surface area contributed by atoms with E-state index in [2.05, 4.69) is 5.32 Å². The van der Waals surface area contributed by atoms with E-state index in [1.807, 2.05) is 60.7 Å². The summed E-state index contributed by atoms with van der Waals surface area (Å²) in [4.78, 5) is 0. The van der Waals surface area contributed by atoms with Crippen LogP contribution in [0.5, 0.6) is 0 Å². The Labute approximate surface area is 125 Å². The molecule has 21 heavy (non-hydrogen) atoms. The molecule has 2 atom stereocenters. The third-order valence-corrected chi connectivity index (χ3v) is 5.73. The van der Waals surface area contributed by atoms with Crippen LogP contribution in [0.15, 0.2) is 60.7 Å². The van der Waals surface area contributed by atoms with Gasteiger partial charge in [-0.15, -0.1) is 0 Å². The zero-order valence-electron chi connectivity index (χ0n) is 11.8. The molecule has 1 fully saturated rings. The maximum absolute atomic E-state index is 12.0. The molecule has 1 aliphatic rings. The van der Waals surface area contributed by atoms with Crippen LogP contribution in [0.4, 0.5) is 0 Å². The molecule has 3 rings (SSSR count). The van der Waals surface area contributed by atoms with Gasteiger partial charge in [0.05, 0.1) is 11.5 Å². The van der Waals surface area contributed by atoms with Crippen LogP contribution in [0.2, 0.25) is 0 Å². The summed E-state index contributed by atoms with van der Waals surface area (Å²) < 4.78 is 24.0. The molecule has 1 N–H and O–H groups in total. The third-order valence-electron chi connectivity index (χ3n) is 3.99. The SMILES string of the molecule is O=S1(=O)C[C@H](NCc2ccccc2)[C@H](c2ccccc2)C1. The first kappa shape index (κ1) is 14.3. The fourth-order valence-electron chi connectivity index (χ4n) is 2.92. The number of rotatable bonds is 4. The van der Waals surface area contributed by atoms with E-state index in [0.29, 0.717) is 6.54 Å². The maximum atomic E-state index is 12.0. The van der Waals surface area contributed by atoms with Gasteiger partial charge in [0.15, 0.2) is 9.84 Å². The first-order chi connectivity index (χ1) is 10.1. The Morgan fingerprint density at radius 3 is 2.19 bits per heavy atom. The lowest BCUT2D eigenvalue weighted by molar-refractivity contribution is 0.506. The van der Waals surface area contributed by atoms with Gasteiger partial charge in [-0.2, -0.15) is 0 Å². The molecule has 2 aromatic carbocycles. The lowest BCUT2D eigenvalue weighted by Crippen LogP contribution is -2.34. The van der Waals surface area contributed by atoms with Crippen LogP contribution in [0.3, 0.4) is 0 Å². The second-order valence-corrected chi connectivity index (χ2v) is 7.72. The predicted octanol–water partition coefficient (Wildman–Crippen LogP) is 2.36. The Morgan fingerprint density at radius 2 is 1.52 bits per heavy atom. The Kier molecular flexibility index (Phi) is 4.08. The molecule has 0 aromatic heterocycles. The molecule has 3 nitrogen and oxygen atoms in total. The molecule has 0 radical (unpaired) electrons. The highest BCUT2D eigenvalue weighted by Gasteiger charge is 2.37. The van der Waals surface area contributed by atoms with Crippen molar-refractivity contribution in [3.63, 3.8) is 0 Å². The molecule has 0 bridgehead atoms. The molecular formula is C17H19NO2S. The van der Waals surface area contributed by atoms with E-state index < -0.39 is 9.84 Å². The summed E-state index contributed by atoms with van der Waals surface area (Å²) in [6, 6.07) is 20.0. The summed E-state index contributed by atoms with van der Waals surface area (Å²) in [5, 5.41) is 3.42. The van der Waals surface area contributed by atoms with Gasteiger partial charge in [0, 0.05) is 18.5 Å². The van der Waals surface area contributed by atoms with Gasteiger partial charge in [0.1, 0.15) is 0 Å². The molecule has 0 amide bonds. The van der Waals surface area contributed by atoms with Crippen molar-refractivity contribution in [1.29, 1.82) is 0 Å². The van der Waals surface area contributed by atoms with Gasteiger partial charge in [0.2, 0.25) is 0 Å². The van der Waals surface area contributed by atoms with Gasteiger partial charge in [-0.25, -0.2) is 8.42 Å². The van der Waals surface area contributed by atoms with E-state index in [4.69, 9.17) is 0 Å². The van der Waals surface area contributed by atoms with E-state index in [-0.39, 0.29) is 23.5 Å². The van der Waals surface area contributed by atoms with Gasteiger partial charge in [-0.3, -0.25) is 0 Å². The van der Waals surface area contributed by atoms with Crippen molar-refractivity contribution in [2.45, 2.75) is 18.5 Å². The second kappa shape index (κ2) is 6.00. The minimum atomic E-state index is -2.96. The molecular weight excluding hydrogens is 282 g/mol. The van der Waals surface area contributed by atoms with Crippen molar-refractivity contribution in [1.82, 2.24) is 5.32 Å². The molecule has 0 saturated carbocycles. The van der Waals surface area contributed by atoms with Crippen LogP contribution in [-0.2, 0) is 16.4 Å². The van der Waals surface area contributed by atoms with Gasteiger partial charge in [-0.05, 0) is 11.1 Å². The Balaban J connectivity index is 1.76. The molecule has 0 spiro atoms. The first-order valence-corrected chi connectivity index (χ1v) is 8.99. The van der Waals surface area contributed by atoms with E-state index in [0.717, 1.165) is 5.56 Å². The Hall–Kier alpha value is -1.65. The monoisotopic (exact) mass is 301 g/mol. The van der Waals surface area contributed by atoms with Crippen molar-refractivity contribution < 1.29 is 8.42 Å². The number of benzene rings is 2. The molecule has 4 heteroatoms.